The maximum Gasteiger partial charge on any atom is 0.263 e. The van der Waals surface area contributed by atoms with Crippen molar-refractivity contribution in [2.45, 2.75) is 38.3 Å². The molecule has 1 fully saturated rings. The molecule has 2 aromatic heterocycles. The average molecular weight is 501 g/mol. The smallest absolute Gasteiger partial charge is 0.263 e. The number of carbonyl (C=O) groups excluding carboxylic acids is 1. The van der Waals surface area contributed by atoms with Crippen molar-refractivity contribution in [1.29, 1.82) is 0 Å². The predicted octanol–water partition coefficient (Wildman–Crippen LogP) is 4.48. The number of piperidine rings is 1. The number of benzene rings is 2. The number of likely N-dealkylation sites (tertiary alicyclic amines) is 1. The molecule has 0 N–H and O–H groups in total. The summed E-state index contributed by atoms with van der Waals surface area (Å²) in [7, 11) is 0. The zero-order valence-corrected chi connectivity index (χ0v) is 20.4. The minimum absolute atomic E-state index is 0.0477. The molecule has 0 radical (unpaired) electrons. The van der Waals surface area contributed by atoms with E-state index in [1.54, 1.807) is 23.2 Å². The second-order valence-corrected chi connectivity index (χ2v) is 9.81. The molecule has 1 unspecified atom stereocenters. The van der Waals surface area contributed by atoms with E-state index in [2.05, 4.69) is 9.97 Å². The Balaban J connectivity index is 1.30. The third-order valence-electron chi connectivity index (χ3n) is 6.93. The van der Waals surface area contributed by atoms with Gasteiger partial charge in [-0.3, -0.25) is 19.1 Å². The Labute approximate surface area is 213 Å². The number of rotatable bonds is 4. The maximum atomic E-state index is 13.1. The number of hydrogen-bond acceptors (Lipinski definition) is 5. The molecule has 6 rings (SSSR count). The van der Waals surface area contributed by atoms with Crippen LogP contribution in [0.5, 0.6) is 5.75 Å². The molecule has 0 saturated carbocycles. The fourth-order valence-corrected chi connectivity index (χ4v) is 5.36. The van der Waals surface area contributed by atoms with E-state index in [0.717, 1.165) is 42.6 Å². The number of pyridine rings is 1. The summed E-state index contributed by atoms with van der Waals surface area (Å²) in [5.74, 6) is 0.739. The van der Waals surface area contributed by atoms with E-state index in [1.807, 2.05) is 47.4 Å². The van der Waals surface area contributed by atoms with Crippen molar-refractivity contribution >= 4 is 28.4 Å². The number of aromatic nitrogens is 3. The molecule has 1 atom stereocenters. The first-order valence-corrected chi connectivity index (χ1v) is 12.6. The summed E-state index contributed by atoms with van der Waals surface area (Å²) in [6.07, 6.45) is 6.49. The SMILES string of the molecule is O=C(C1Cc2cc(Cl)cc(-c3ccnc(Cn4cnc5ccccc5c4=O)c3)c2O1)N1CCCCC1. The van der Waals surface area contributed by atoms with Gasteiger partial charge in [-0.15, -0.1) is 0 Å². The van der Waals surface area contributed by atoms with E-state index < -0.39 is 6.10 Å². The fourth-order valence-electron chi connectivity index (χ4n) is 5.12. The molecule has 1 amide bonds. The monoisotopic (exact) mass is 500 g/mol. The van der Waals surface area contributed by atoms with Crippen LogP contribution in [-0.4, -0.2) is 44.5 Å². The molecule has 2 aliphatic heterocycles. The summed E-state index contributed by atoms with van der Waals surface area (Å²) in [4.78, 5) is 36.8. The quantitative estimate of drug-likeness (QED) is 0.413. The number of fused-ring (bicyclic) bond motifs is 2. The summed E-state index contributed by atoms with van der Waals surface area (Å²) < 4.78 is 7.81. The summed E-state index contributed by atoms with van der Waals surface area (Å²) in [6.45, 7) is 1.86. The van der Waals surface area contributed by atoms with Gasteiger partial charge < -0.3 is 9.64 Å². The van der Waals surface area contributed by atoms with Crippen molar-refractivity contribution in [1.82, 2.24) is 19.4 Å². The number of amides is 1. The lowest BCUT2D eigenvalue weighted by atomic mass is 10.00. The van der Waals surface area contributed by atoms with Gasteiger partial charge in [0.15, 0.2) is 6.10 Å². The van der Waals surface area contributed by atoms with Gasteiger partial charge >= 0.3 is 0 Å². The van der Waals surface area contributed by atoms with Gasteiger partial charge in [0.1, 0.15) is 5.75 Å². The van der Waals surface area contributed by atoms with Gasteiger partial charge in [-0.2, -0.15) is 0 Å². The van der Waals surface area contributed by atoms with Crippen LogP contribution in [0.3, 0.4) is 0 Å². The molecule has 2 aromatic carbocycles. The van der Waals surface area contributed by atoms with Crippen molar-refractivity contribution < 1.29 is 9.53 Å². The second kappa shape index (κ2) is 9.39. The number of nitrogens with zero attached hydrogens (tertiary/aromatic N) is 4. The number of halogens is 1. The van der Waals surface area contributed by atoms with Crippen LogP contribution < -0.4 is 10.3 Å². The number of hydrogen-bond donors (Lipinski definition) is 0. The molecule has 4 heterocycles. The largest absolute Gasteiger partial charge is 0.479 e. The molecule has 4 aromatic rings. The van der Waals surface area contributed by atoms with Gasteiger partial charge in [0.25, 0.3) is 11.5 Å². The molecule has 36 heavy (non-hydrogen) atoms. The maximum absolute atomic E-state index is 13.1. The van der Waals surface area contributed by atoms with Gasteiger partial charge in [0, 0.05) is 41.9 Å². The molecule has 7 nitrogen and oxygen atoms in total. The molecule has 0 aliphatic carbocycles. The minimum Gasteiger partial charge on any atom is -0.479 e. The van der Waals surface area contributed by atoms with Crippen LogP contribution in [0.25, 0.3) is 22.0 Å². The van der Waals surface area contributed by atoms with Crippen LogP contribution in [-0.2, 0) is 17.8 Å². The highest BCUT2D eigenvalue weighted by Gasteiger charge is 2.34. The van der Waals surface area contributed by atoms with Gasteiger partial charge in [0.05, 0.1) is 29.5 Å². The molecule has 1 saturated heterocycles. The molecule has 182 valence electrons. The second-order valence-electron chi connectivity index (χ2n) is 9.37. The van der Waals surface area contributed by atoms with Crippen LogP contribution in [0, 0.1) is 0 Å². The topological polar surface area (TPSA) is 77.3 Å². The highest BCUT2D eigenvalue weighted by atomic mass is 35.5. The Kier molecular flexibility index (Phi) is 5.93. The van der Waals surface area contributed by atoms with Gasteiger partial charge in [-0.1, -0.05) is 23.7 Å². The third kappa shape index (κ3) is 4.24. The third-order valence-corrected chi connectivity index (χ3v) is 7.15. The van der Waals surface area contributed by atoms with Gasteiger partial charge in [-0.05, 0) is 61.2 Å². The average Bonchev–Trinajstić information content (AvgIpc) is 3.34. The summed E-state index contributed by atoms with van der Waals surface area (Å²) in [6, 6.07) is 14.8. The lowest BCUT2D eigenvalue weighted by Gasteiger charge is -2.28. The fraction of sp³-hybridized carbons (Fsp3) is 0.286. The number of para-hydroxylation sites is 1. The molecule has 2 aliphatic rings. The first-order valence-electron chi connectivity index (χ1n) is 12.2. The first kappa shape index (κ1) is 22.7. The minimum atomic E-state index is -0.529. The molecule has 8 heteroatoms. The van der Waals surface area contributed by atoms with Crippen LogP contribution in [0.4, 0.5) is 0 Å². The van der Waals surface area contributed by atoms with E-state index in [9.17, 15) is 9.59 Å². The lowest BCUT2D eigenvalue weighted by Crippen LogP contribution is -2.43. The first-order chi connectivity index (χ1) is 17.6. The zero-order valence-electron chi connectivity index (χ0n) is 19.7. The Morgan fingerprint density at radius 3 is 2.75 bits per heavy atom. The number of ether oxygens (including phenoxy) is 1. The van der Waals surface area contributed by atoms with E-state index in [4.69, 9.17) is 16.3 Å². The standard InChI is InChI=1S/C28H25ClN4O3/c29-20-12-19-14-25(28(35)32-10-4-1-5-11-32)36-26(19)23(15-20)18-8-9-30-21(13-18)16-33-17-31-24-7-3-2-6-22(24)27(33)34/h2-3,6-9,12-13,15,17,25H,1,4-5,10-11,14,16H2. The highest BCUT2D eigenvalue weighted by molar-refractivity contribution is 6.31. The summed E-state index contributed by atoms with van der Waals surface area (Å²) in [5, 5.41) is 1.16. The van der Waals surface area contributed by atoms with Crippen molar-refractivity contribution in [2.24, 2.45) is 0 Å². The van der Waals surface area contributed by atoms with E-state index >= 15 is 0 Å². The van der Waals surface area contributed by atoms with Crippen molar-refractivity contribution in [2.75, 3.05) is 13.1 Å². The van der Waals surface area contributed by atoms with E-state index in [1.165, 1.54) is 6.42 Å². The van der Waals surface area contributed by atoms with Crippen LogP contribution in [0.1, 0.15) is 30.5 Å². The van der Waals surface area contributed by atoms with E-state index in [0.29, 0.717) is 33.8 Å². The Morgan fingerprint density at radius 1 is 1.06 bits per heavy atom. The summed E-state index contributed by atoms with van der Waals surface area (Å²) >= 11 is 6.48. The molecule has 0 spiro atoms. The molecule has 0 bridgehead atoms. The van der Waals surface area contributed by atoms with Crippen LogP contribution in [0.15, 0.2) is 65.8 Å². The Morgan fingerprint density at radius 2 is 1.89 bits per heavy atom. The van der Waals surface area contributed by atoms with Gasteiger partial charge in [-0.25, -0.2) is 4.98 Å². The summed E-state index contributed by atoms with van der Waals surface area (Å²) in [5.41, 5.74) is 3.88. The number of carbonyl (C=O) groups is 1. The molecular formula is C28H25ClN4O3. The molecular weight excluding hydrogens is 476 g/mol. The normalized spacial score (nSPS) is 17.1. The highest BCUT2D eigenvalue weighted by Crippen LogP contribution is 2.41. The Hall–Kier alpha value is -3.71. The van der Waals surface area contributed by atoms with Crippen molar-refractivity contribution in [3.63, 3.8) is 0 Å². The van der Waals surface area contributed by atoms with Crippen molar-refractivity contribution in [3.8, 4) is 16.9 Å². The van der Waals surface area contributed by atoms with Crippen LogP contribution >= 0.6 is 11.6 Å². The van der Waals surface area contributed by atoms with Crippen LogP contribution in [0.2, 0.25) is 5.02 Å². The van der Waals surface area contributed by atoms with Crippen molar-refractivity contribution in [3.05, 3.63) is 87.7 Å². The lowest BCUT2D eigenvalue weighted by molar-refractivity contribution is -0.138. The predicted molar refractivity (Wildman–Crippen MR) is 138 cm³/mol. The van der Waals surface area contributed by atoms with E-state index in [-0.39, 0.29) is 18.0 Å². The Bertz CT molecular complexity index is 1530. The zero-order chi connectivity index (χ0) is 24.6. The van der Waals surface area contributed by atoms with Gasteiger partial charge in [0.2, 0.25) is 0 Å².